The lowest BCUT2D eigenvalue weighted by Gasteiger charge is -2.32. The van der Waals surface area contributed by atoms with Crippen molar-refractivity contribution in [1.29, 1.82) is 0 Å². The van der Waals surface area contributed by atoms with Gasteiger partial charge in [0, 0.05) is 65.3 Å². The third kappa shape index (κ3) is 4.08. The Balaban J connectivity index is 1.39. The number of carbonyl (C=O) groups excluding carboxylic acids is 2. The molecule has 34 heavy (non-hydrogen) atoms. The number of aryl methyl sites for hydroxylation is 1. The fourth-order valence-electron chi connectivity index (χ4n) is 4.51. The molecule has 1 saturated heterocycles. The van der Waals surface area contributed by atoms with Crippen molar-refractivity contribution < 1.29 is 18.0 Å². The minimum atomic E-state index is -3.74. The Bertz CT molecular complexity index is 1360. The van der Waals surface area contributed by atoms with Gasteiger partial charge in [-0.15, -0.1) is 0 Å². The van der Waals surface area contributed by atoms with E-state index in [4.69, 9.17) is 0 Å². The van der Waals surface area contributed by atoms with Crippen molar-refractivity contribution in [2.75, 3.05) is 42.6 Å². The van der Waals surface area contributed by atoms with E-state index in [2.05, 4.69) is 9.62 Å². The van der Waals surface area contributed by atoms with E-state index in [1.165, 1.54) is 12.1 Å². The van der Waals surface area contributed by atoms with Gasteiger partial charge < -0.3 is 4.90 Å². The van der Waals surface area contributed by atoms with E-state index in [1.807, 2.05) is 36.9 Å². The molecule has 0 bridgehead atoms. The fraction of sp³-hybridized carbons (Fsp3) is 0.280. The van der Waals surface area contributed by atoms with Gasteiger partial charge in [0.05, 0.1) is 4.90 Å². The largest absolute Gasteiger partial charge is 0.369 e. The second-order valence-electron chi connectivity index (χ2n) is 8.43. The topological polar surface area (TPSA) is 86.8 Å². The van der Waals surface area contributed by atoms with Crippen molar-refractivity contribution in [3.8, 4) is 0 Å². The second-order valence-corrected chi connectivity index (χ2v) is 11.4. The number of nitrogens with one attached hydrogen (secondary N) is 1. The van der Waals surface area contributed by atoms with Crippen molar-refractivity contribution in [1.82, 2.24) is 9.62 Å². The summed E-state index contributed by atoms with van der Waals surface area (Å²) in [5.74, 6) is 1.30. The van der Waals surface area contributed by atoms with Gasteiger partial charge in [-0.3, -0.25) is 14.5 Å². The quantitative estimate of drug-likeness (QED) is 0.528. The van der Waals surface area contributed by atoms with E-state index in [-0.39, 0.29) is 18.0 Å². The molecule has 9 heteroatoms. The van der Waals surface area contributed by atoms with Gasteiger partial charge in [-0.25, -0.2) is 13.1 Å². The minimum Gasteiger partial charge on any atom is -0.369 e. The highest BCUT2D eigenvalue weighted by atomic mass is 32.2. The number of hydrogen-bond acceptors (Lipinski definition) is 6. The Kier molecular flexibility index (Phi) is 6.09. The molecule has 0 unspecified atom stereocenters. The Morgan fingerprint density at radius 2 is 1.59 bits per heavy atom. The molecule has 0 radical (unpaired) electrons. The number of imide groups is 1. The lowest BCUT2D eigenvalue weighted by atomic mass is 9.92. The molecule has 0 aliphatic carbocycles. The third-order valence-corrected chi connectivity index (χ3v) is 8.70. The predicted molar refractivity (Wildman–Crippen MR) is 135 cm³/mol. The third-order valence-electron chi connectivity index (χ3n) is 6.28. The maximum atomic E-state index is 13.3. The van der Waals surface area contributed by atoms with Crippen LogP contribution in [0.1, 0.15) is 26.3 Å². The molecule has 2 heterocycles. The minimum absolute atomic E-state index is 0.0519. The van der Waals surface area contributed by atoms with E-state index in [0.29, 0.717) is 16.5 Å². The van der Waals surface area contributed by atoms with Gasteiger partial charge in [-0.1, -0.05) is 29.8 Å². The van der Waals surface area contributed by atoms with Crippen LogP contribution in [-0.2, 0) is 10.0 Å². The number of thioether (sulfide) groups is 1. The first-order valence-electron chi connectivity index (χ1n) is 11.2. The summed E-state index contributed by atoms with van der Waals surface area (Å²) >= 11 is 1.92. The van der Waals surface area contributed by atoms with E-state index in [9.17, 15) is 18.0 Å². The van der Waals surface area contributed by atoms with Crippen LogP contribution in [0, 0.1) is 6.92 Å². The van der Waals surface area contributed by atoms with Gasteiger partial charge in [0.15, 0.2) is 0 Å². The summed E-state index contributed by atoms with van der Waals surface area (Å²) in [6.07, 6.45) is 0. The van der Waals surface area contributed by atoms with Crippen molar-refractivity contribution >= 4 is 50.1 Å². The molecular formula is C25H25N3O4S2. The van der Waals surface area contributed by atoms with E-state index in [1.54, 1.807) is 24.3 Å². The van der Waals surface area contributed by atoms with Crippen LogP contribution in [0.3, 0.4) is 0 Å². The zero-order valence-corrected chi connectivity index (χ0v) is 20.4. The molecular weight excluding hydrogens is 470 g/mol. The van der Waals surface area contributed by atoms with E-state index in [0.717, 1.165) is 46.1 Å². The first-order chi connectivity index (χ1) is 16.4. The van der Waals surface area contributed by atoms with Crippen LogP contribution in [0.5, 0.6) is 0 Å². The van der Waals surface area contributed by atoms with E-state index >= 15 is 0 Å². The van der Waals surface area contributed by atoms with Gasteiger partial charge >= 0.3 is 0 Å². The van der Waals surface area contributed by atoms with Crippen LogP contribution < -0.4 is 9.62 Å². The Labute approximate surface area is 203 Å². The van der Waals surface area contributed by atoms with Crippen molar-refractivity contribution in [3.63, 3.8) is 0 Å². The summed E-state index contributed by atoms with van der Waals surface area (Å²) < 4.78 is 27.7. The zero-order chi connectivity index (χ0) is 23.9. The van der Waals surface area contributed by atoms with Gasteiger partial charge in [0.25, 0.3) is 11.8 Å². The molecule has 2 amide bonds. The lowest BCUT2D eigenvalue weighted by Crippen LogP contribution is -2.44. The molecule has 5 rings (SSSR count). The zero-order valence-electron chi connectivity index (χ0n) is 18.8. The number of hydrogen-bond donors (Lipinski definition) is 1. The second kappa shape index (κ2) is 9.05. The summed E-state index contributed by atoms with van der Waals surface area (Å²) in [6, 6.07) is 15.8. The van der Waals surface area contributed by atoms with Crippen LogP contribution in [0.4, 0.5) is 5.69 Å². The average Bonchev–Trinajstić information content (AvgIpc) is 2.85. The normalized spacial score (nSPS) is 16.4. The number of anilines is 1. The number of nitrogens with zero attached hydrogens (tertiary/aromatic N) is 2. The summed E-state index contributed by atoms with van der Waals surface area (Å²) in [5.41, 5.74) is 2.95. The molecule has 0 aromatic heterocycles. The van der Waals surface area contributed by atoms with Crippen molar-refractivity contribution in [2.24, 2.45) is 0 Å². The molecule has 2 aliphatic heterocycles. The summed E-state index contributed by atoms with van der Waals surface area (Å²) in [4.78, 5) is 30.1. The van der Waals surface area contributed by atoms with Gasteiger partial charge in [0.1, 0.15) is 0 Å². The van der Waals surface area contributed by atoms with Crippen molar-refractivity contribution in [2.45, 2.75) is 11.8 Å². The van der Waals surface area contributed by atoms with Crippen molar-refractivity contribution in [3.05, 3.63) is 71.3 Å². The van der Waals surface area contributed by atoms with Crippen LogP contribution in [-0.4, -0.2) is 62.8 Å². The Morgan fingerprint density at radius 1 is 0.912 bits per heavy atom. The predicted octanol–water partition coefficient (Wildman–Crippen LogP) is 3.28. The molecule has 0 atom stereocenters. The Morgan fingerprint density at radius 3 is 2.29 bits per heavy atom. The first-order valence-corrected chi connectivity index (χ1v) is 13.8. The molecule has 0 spiro atoms. The number of rotatable bonds is 6. The molecule has 2 aliphatic rings. The Hall–Kier alpha value is -2.88. The molecule has 0 saturated carbocycles. The maximum Gasteiger partial charge on any atom is 0.261 e. The smallest absolute Gasteiger partial charge is 0.261 e. The summed E-state index contributed by atoms with van der Waals surface area (Å²) in [5, 5.41) is 1.59. The fourth-order valence-corrected chi connectivity index (χ4v) is 6.43. The van der Waals surface area contributed by atoms with E-state index < -0.39 is 21.8 Å². The van der Waals surface area contributed by atoms with Crippen LogP contribution >= 0.6 is 11.8 Å². The molecule has 3 aromatic carbocycles. The van der Waals surface area contributed by atoms with Crippen LogP contribution in [0.15, 0.2) is 59.5 Å². The highest BCUT2D eigenvalue weighted by Crippen LogP contribution is 2.36. The van der Waals surface area contributed by atoms with Gasteiger partial charge in [0.2, 0.25) is 10.0 Å². The number of benzene rings is 3. The SMILES string of the molecule is Cc1ccc(S(=O)(=O)NCCN2C(=O)c3cccc4c(N5CCSCC5)ccc(c34)C2=O)cc1. The summed E-state index contributed by atoms with van der Waals surface area (Å²) in [6.45, 7) is 3.62. The number of amides is 2. The van der Waals surface area contributed by atoms with Crippen LogP contribution in [0.25, 0.3) is 10.8 Å². The first kappa shape index (κ1) is 22.9. The highest BCUT2D eigenvalue weighted by Gasteiger charge is 2.33. The lowest BCUT2D eigenvalue weighted by molar-refractivity contribution is 0.0614. The molecule has 176 valence electrons. The molecule has 3 aromatic rings. The summed E-state index contributed by atoms with van der Waals surface area (Å²) in [7, 11) is -3.74. The van der Waals surface area contributed by atoms with Gasteiger partial charge in [-0.2, -0.15) is 11.8 Å². The molecule has 7 nitrogen and oxygen atoms in total. The highest BCUT2D eigenvalue weighted by molar-refractivity contribution is 7.99. The standard InChI is InChI=1S/C25H25N3O4S2/c1-17-5-7-18(8-6-17)34(31,32)26-11-12-28-24(29)20-4-2-3-19-22(27-13-15-33-16-14-27)10-9-21(23(19)20)25(28)30/h2-10,26H,11-16H2,1H3. The molecule has 1 fully saturated rings. The maximum absolute atomic E-state index is 13.3. The molecule has 1 N–H and O–H groups in total. The average molecular weight is 496 g/mol. The number of sulfonamides is 1. The van der Waals surface area contributed by atoms with Crippen LogP contribution in [0.2, 0.25) is 0 Å². The monoisotopic (exact) mass is 495 g/mol. The van der Waals surface area contributed by atoms with Gasteiger partial charge in [-0.05, 0) is 37.3 Å². The number of carbonyl (C=O) groups is 2.